The van der Waals surface area contributed by atoms with E-state index in [1.54, 1.807) is 36.2 Å². The molecule has 4 rings (SSSR count). The lowest BCUT2D eigenvalue weighted by Gasteiger charge is -2.39. The van der Waals surface area contributed by atoms with Crippen molar-refractivity contribution in [2.24, 2.45) is 17.6 Å². The number of piperidine rings is 1. The number of rotatable bonds is 8. The molecule has 0 saturated carbocycles. The van der Waals surface area contributed by atoms with E-state index in [0.29, 0.717) is 23.3 Å². The van der Waals surface area contributed by atoms with Gasteiger partial charge in [-0.15, -0.1) is 0 Å². The van der Waals surface area contributed by atoms with Crippen molar-refractivity contribution in [3.8, 4) is 0 Å². The quantitative estimate of drug-likeness (QED) is 0.624. The minimum absolute atomic E-state index is 0.315. The van der Waals surface area contributed by atoms with Gasteiger partial charge < -0.3 is 15.5 Å². The summed E-state index contributed by atoms with van der Waals surface area (Å²) in [4.78, 5) is 16.2. The lowest BCUT2D eigenvalue weighted by molar-refractivity contribution is 0.135. The summed E-state index contributed by atoms with van der Waals surface area (Å²) >= 11 is 0. The Bertz CT molecular complexity index is 1080. The van der Waals surface area contributed by atoms with Crippen LogP contribution in [0.3, 0.4) is 0 Å². The monoisotopic (exact) mass is 484 g/mol. The first-order valence-electron chi connectivity index (χ1n) is 12.0. The van der Waals surface area contributed by atoms with Gasteiger partial charge in [0.1, 0.15) is 0 Å². The average Bonchev–Trinajstić information content (AvgIpc) is 3.28. The van der Waals surface area contributed by atoms with Crippen LogP contribution in [0.4, 0.5) is 4.79 Å². The molecule has 0 bridgehead atoms. The molecule has 184 valence electrons. The van der Waals surface area contributed by atoms with Gasteiger partial charge in [-0.05, 0) is 55.5 Å². The molecule has 2 amide bonds. The zero-order chi connectivity index (χ0) is 24.3. The minimum atomic E-state index is -3.58. The summed E-state index contributed by atoms with van der Waals surface area (Å²) in [6.07, 6.45) is 1.90. The number of nitrogens with zero attached hydrogens (tertiary/aromatic N) is 3. The van der Waals surface area contributed by atoms with Crippen molar-refractivity contribution in [1.82, 2.24) is 14.1 Å². The number of fused-ring (bicyclic) bond motifs is 1. The number of carbonyl (C=O) groups excluding carboxylic acids is 1. The van der Waals surface area contributed by atoms with Crippen LogP contribution in [0.25, 0.3) is 0 Å². The number of carbonyl (C=O) groups is 1. The zero-order valence-corrected chi connectivity index (χ0v) is 21.0. The number of hydrogen-bond acceptors (Lipinski definition) is 4. The smallest absolute Gasteiger partial charge is 0.314 e. The van der Waals surface area contributed by atoms with Gasteiger partial charge in [-0.3, -0.25) is 0 Å². The third-order valence-electron chi connectivity index (χ3n) is 7.67. The Kier molecular flexibility index (Phi) is 7.31. The second kappa shape index (κ2) is 10.1. The van der Waals surface area contributed by atoms with Crippen LogP contribution in [0, 0.1) is 11.8 Å². The Hall–Kier alpha value is -2.42. The molecule has 1 unspecified atom stereocenters. The largest absolute Gasteiger partial charge is 0.351 e. The van der Waals surface area contributed by atoms with Gasteiger partial charge in [-0.25, -0.2) is 17.5 Å². The van der Waals surface area contributed by atoms with Gasteiger partial charge >= 0.3 is 6.03 Å². The van der Waals surface area contributed by atoms with E-state index in [0.717, 1.165) is 51.1 Å². The highest BCUT2D eigenvalue weighted by Gasteiger charge is 2.39. The van der Waals surface area contributed by atoms with Crippen LogP contribution in [0.15, 0.2) is 65.6 Å². The van der Waals surface area contributed by atoms with E-state index in [4.69, 9.17) is 5.73 Å². The molecule has 2 aliphatic heterocycles. The molecule has 2 fully saturated rings. The Morgan fingerprint density at radius 1 is 1.03 bits per heavy atom. The molecule has 2 saturated heterocycles. The average molecular weight is 485 g/mol. The van der Waals surface area contributed by atoms with E-state index >= 15 is 0 Å². The van der Waals surface area contributed by atoms with Crippen molar-refractivity contribution in [2.45, 2.75) is 30.1 Å². The van der Waals surface area contributed by atoms with Crippen LogP contribution in [0.5, 0.6) is 0 Å². The van der Waals surface area contributed by atoms with Gasteiger partial charge in [-0.1, -0.05) is 55.5 Å². The van der Waals surface area contributed by atoms with Crippen LogP contribution in [0.1, 0.15) is 25.3 Å². The number of nitrogens with two attached hydrogens (primary N) is 1. The predicted molar refractivity (Wildman–Crippen MR) is 134 cm³/mol. The maximum atomic E-state index is 13.2. The predicted octanol–water partition coefficient (Wildman–Crippen LogP) is 2.99. The lowest BCUT2D eigenvalue weighted by atomic mass is 9.78. The molecule has 0 aromatic heterocycles. The molecule has 8 heteroatoms. The van der Waals surface area contributed by atoms with E-state index in [-0.39, 0.29) is 11.4 Å². The van der Waals surface area contributed by atoms with E-state index in [1.807, 2.05) is 24.3 Å². The molecular formula is C26H36N4O3S. The summed E-state index contributed by atoms with van der Waals surface area (Å²) in [5, 5.41) is 0. The van der Waals surface area contributed by atoms with E-state index < -0.39 is 10.0 Å². The van der Waals surface area contributed by atoms with Crippen LogP contribution in [-0.2, 0) is 15.4 Å². The molecule has 2 aromatic rings. The van der Waals surface area contributed by atoms with Gasteiger partial charge in [0.15, 0.2) is 0 Å². The Morgan fingerprint density at radius 3 is 2.29 bits per heavy atom. The molecule has 2 aliphatic rings. The summed E-state index contributed by atoms with van der Waals surface area (Å²) < 4.78 is 28.0. The van der Waals surface area contributed by atoms with Crippen molar-refractivity contribution >= 4 is 16.1 Å². The molecular weight excluding hydrogens is 448 g/mol. The van der Waals surface area contributed by atoms with Crippen molar-refractivity contribution in [3.63, 3.8) is 0 Å². The van der Waals surface area contributed by atoms with Crippen LogP contribution >= 0.6 is 0 Å². The first-order valence-corrected chi connectivity index (χ1v) is 13.5. The number of urea groups is 1. The number of primary amides is 1. The highest BCUT2D eigenvalue weighted by Crippen LogP contribution is 2.34. The molecule has 0 spiro atoms. The fraction of sp³-hybridized carbons (Fsp3) is 0.500. The molecule has 7 nitrogen and oxygen atoms in total. The minimum Gasteiger partial charge on any atom is -0.351 e. The van der Waals surface area contributed by atoms with Crippen LogP contribution < -0.4 is 5.73 Å². The SMILES string of the molecule is CN(C[C@@](C)(CCN1CCC2CN(C(N)=O)C[C@H]2C1)c1ccccc1)S(=O)(=O)c1ccccc1. The molecule has 2 heterocycles. The summed E-state index contributed by atoms with van der Waals surface area (Å²) in [7, 11) is -1.91. The highest BCUT2D eigenvalue weighted by atomic mass is 32.2. The van der Waals surface area contributed by atoms with Crippen molar-refractivity contribution in [3.05, 3.63) is 66.2 Å². The number of hydrogen-bond donors (Lipinski definition) is 1. The normalized spacial score (nSPS) is 23.0. The fourth-order valence-electron chi connectivity index (χ4n) is 5.54. The maximum Gasteiger partial charge on any atom is 0.314 e. The molecule has 2 aromatic carbocycles. The number of likely N-dealkylation sites (N-methyl/N-ethyl adjacent to an activating group) is 1. The number of amides is 2. The second-order valence-corrected chi connectivity index (χ2v) is 12.1. The van der Waals surface area contributed by atoms with E-state index in [9.17, 15) is 13.2 Å². The first-order chi connectivity index (χ1) is 16.2. The molecule has 0 radical (unpaired) electrons. The van der Waals surface area contributed by atoms with Gasteiger partial charge in [0.05, 0.1) is 4.90 Å². The molecule has 0 aliphatic carbocycles. The first kappa shape index (κ1) is 24.7. The Morgan fingerprint density at radius 2 is 1.65 bits per heavy atom. The molecule has 2 N–H and O–H groups in total. The van der Waals surface area contributed by atoms with Gasteiger partial charge in [0, 0.05) is 38.6 Å². The topological polar surface area (TPSA) is 86.9 Å². The van der Waals surface area contributed by atoms with Crippen LogP contribution in [0.2, 0.25) is 0 Å². The second-order valence-electron chi connectivity index (χ2n) is 10.1. The van der Waals surface area contributed by atoms with Crippen molar-refractivity contribution in [2.75, 3.05) is 46.3 Å². The Labute approximate surface area is 203 Å². The highest BCUT2D eigenvalue weighted by molar-refractivity contribution is 7.89. The molecule has 3 atom stereocenters. The molecule has 34 heavy (non-hydrogen) atoms. The number of benzene rings is 2. The lowest BCUT2D eigenvalue weighted by Crippen LogP contribution is -2.45. The Balaban J connectivity index is 1.47. The standard InChI is InChI=1S/C26H36N4O3S/c1-26(23-9-5-3-6-10-23,20-28(2)34(32,33)24-11-7-4-8-12-24)14-16-29-15-13-21-18-30(25(27)31)19-22(21)17-29/h3-12,21-22H,13-20H2,1-2H3,(H2,27,31)/t21?,22-,26-/m1/s1. The van der Waals surface area contributed by atoms with Gasteiger partial charge in [-0.2, -0.15) is 0 Å². The van der Waals surface area contributed by atoms with E-state index in [2.05, 4.69) is 24.0 Å². The van der Waals surface area contributed by atoms with Gasteiger partial charge in [0.2, 0.25) is 10.0 Å². The van der Waals surface area contributed by atoms with E-state index in [1.165, 1.54) is 4.31 Å². The van der Waals surface area contributed by atoms with Gasteiger partial charge in [0.25, 0.3) is 0 Å². The van der Waals surface area contributed by atoms with Crippen molar-refractivity contribution < 1.29 is 13.2 Å². The third-order valence-corrected chi connectivity index (χ3v) is 9.49. The fourth-order valence-corrected chi connectivity index (χ4v) is 6.85. The third kappa shape index (κ3) is 5.29. The maximum absolute atomic E-state index is 13.2. The van der Waals surface area contributed by atoms with Crippen LogP contribution in [-0.4, -0.2) is 74.9 Å². The summed E-state index contributed by atoms with van der Waals surface area (Å²) in [6, 6.07) is 18.5. The number of likely N-dealkylation sites (tertiary alicyclic amines) is 2. The summed E-state index contributed by atoms with van der Waals surface area (Å²) in [5.41, 5.74) is 6.31. The zero-order valence-electron chi connectivity index (χ0n) is 20.1. The van der Waals surface area contributed by atoms with Crippen molar-refractivity contribution in [1.29, 1.82) is 0 Å². The summed E-state index contributed by atoms with van der Waals surface area (Å²) in [5.74, 6) is 0.997. The summed E-state index contributed by atoms with van der Waals surface area (Å²) in [6.45, 7) is 6.90. The number of sulfonamides is 1.